The Hall–Kier alpha value is -1.50. The lowest BCUT2D eigenvalue weighted by atomic mass is 9.78. The second-order valence-corrected chi connectivity index (χ2v) is 16.2. The number of aliphatic hydroxyl groups excluding tert-OH is 4. The molecule has 4 heterocycles. The molecule has 0 aromatic carbocycles. The van der Waals surface area contributed by atoms with Gasteiger partial charge in [0.15, 0.2) is 24.8 Å². The van der Waals surface area contributed by atoms with Crippen LogP contribution in [0.5, 0.6) is 0 Å². The Morgan fingerprint density at radius 2 is 1.69 bits per heavy atom. The van der Waals surface area contributed by atoms with Crippen molar-refractivity contribution in [2.45, 2.75) is 178 Å². The highest BCUT2D eigenvalue weighted by atomic mass is 16.7. The summed E-state index contributed by atoms with van der Waals surface area (Å²) < 4.78 is 43.9. The van der Waals surface area contributed by atoms with Crippen LogP contribution in [0.4, 0.5) is 0 Å². The van der Waals surface area contributed by atoms with Gasteiger partial charge in [-0.05, 0) is 68.5 Å². The Morgan fingerprint density at radius 3 is 2.27 bits per heavy atom. The van der Waals surface area contributed by atoms with Crippen molar-refractivity contribution in [3.63, 3.8) is 0 Å². The fourth-order valence-electron chi connectivity index (χ4n) is 8.35. The van der Waals surface area contributed by atoms with Gasteiger partial charge in [-0.15, -0.1) is 0 Å². The Balaban J connectivity index is 1.86. The van der Waals surface area contributed by atoms with Crippen LogP contribution in [0, 0.1) is 17.8 Å². The maximum atomic E-state index is 14.3. The van der Waals surface area contributed by atoms with Crippen molar-refractivity contribution >= 4 is 11.9 Å². The minimum Gasteiger partial charge on any atom is -0.472 e. The zero-order chi connectivity index (χ0) is 38.4. The van der Waals surface area contributed by atoms with Gasteiger partial charge in [0.05, 0.1) is 36.2 Å². The molecule has 18 atom stereocenters. The van der Waals surface area contributed by atoms with E-state index >= 15 is 0 Å². The van der Waals surface area contributed by atoms with Crippen molar-refractivity contribution in [3.05, 3.63) is 0 Å². The number of esters is 1. The van der Waals surface area contributed by atoms with Gasteiger partial charge >= 0.3 is 5.97 Å². The van der Waals surface area contributed by atoms with Crippen LogP contribution in [0.1, 0.15) is 88.0 Å². The van der Waals surface area contributed by atoms with E-state index in [-0.39, 0.29) is 36.9 Å². The minimum absolute atomic E-state index is 0.00336. The number of hydrogen-bond acceptors (Lipinski definition) is 15. The fraction of sp³-hybridized carbons (Fsp3) is 0.944. The summed E-state index contributed by atoms with van der Waals surface area (Å²) in [5, 5.41) is 55.6. The van der Waals surface area contributed by atoms with Crippen molar-refractivity contribution < 1.29 is 63.5 Å². The van der Waals surface area contributed by atoms with E-state index in [1.807, 2.05) is 46.7 Å². The van der Waals surface area contributed by atoms with Crippen molar-refractivity contribution in [1.29, 1.82) is 0 Å². The van der Waals surface area contributed by atoms with E-state index in [0.717, 1.165) is 0 Å². The summed E-state index contributed by atoms with van der Waals surface area (Å²) in [6.45, 7) is 15.7. The van der Waals surface area contributed by atoms with Crippen LogP contribution in [0.25, 0.3) is 0 Å². The Labute approximate surface area is 302 Å². The number of methoxy groups -OCH3 is 1. The predicted octanol–water partition coefficient (Wildman–Crippen LogP) is 1.34. The molecule has 15 nitrogen and oxygen atoms in total. The maximum absolute atomic E-state index is 14.3. The highest BCUT2D eigenvalue weighted by Gasteiger charge is 2.56. The van der Waals surface area contributed by atoms with Gasteiger partial charge < -0.3 is 63.6 Å². The van der Waals surface area contributed by atoms with Gasteiger partial charge in [-0.3, -0.25) is 9.79 Å². The number of carbonyl (C=O) groups is 1. The Kier molecular flexibility index (Phi) is 13.3. The fourth-order valence-corrected chi connectivity index (χ4v) is 8.35. The number of cyclic esters (lactones) is 1. The topological polar surface area (TPSA) is 198 Å². The molecule has 0 aromatic rings. The SMILES string of the molecule is CC[C@@H](O)[C@@](C)(O)[C@@H]1OC(=O)[C@H](C)[C@@H](O[C@H]2C[C@@](C)(OC)[C@@H](O)[C@H](O)O2)[C@H](C)[C@@H](O[C@@H]2O[C@H](C)C[C@H](N(C)C)[C@H]2O)[C@@]2(C)C[C@@H](C)N=C(O2)[C@@H]1C. The molecule has 0 unspecified atom stereocenters. The molecule has 0 amide bonds. The largest absolute Gasteiger partial charge is 0.472 e. The third-order valence-electron chi connectivity index (χ3n) is 11.7. The van der Waals surface area contributed by atoms with Gasteiger partial charge in [-0.2, -0.15) is 0 Å². The molecule has 0 aromatic heterocycles. The highest BCUT2D eigenvalue weighted by Crippen LogP contribution is 2.43. The summed E-state index contributed by atoms with van der Waals surface area (Å²) in [5.41, 5.74) is -4.30. The molecule has 0 aliphatic carbocycles. The van der Waals surface area contributed by atoms with Crippen LogP contribution in [-0.2, 0) is 38.0 Å². The first-order valence-corrected chi connectivity index (χ1v) is 18.3. The lowest BCUT2D eigenvalue weighted by Gasteiger charge is -2.50. The van der Waals surface area contributed by atoms with E-state index in [4.69, 9.17) is 38.2 Å². The molecule has 3 saturated heterocycles. The highest BCUT2D eigenvalue weighted by molar-refractivity contribution is 5.81. The zero-order valence-electron chi connectivity index (χ0n) is 32.4. The smallest absolute Gasteiger partial charge is 0.311 e. The number of ether oxygens (including phenoxy) is 7. The van der Waals surface area contributed by atoms with Crippen LogP contribution in [0.2, 0.25) is 0 Å². The van der Waals surface area contributed by atoms with Gasteiger partial charge in [0.2, 0.25) is 0 Å². The van der Waals surface area contributed by atoms with Crippen molar-refractivity contribution in [2.24, 2.45) is 22.7 Å². The van der Waals surface area contributed by atoms with E-state index in [1.165, 1.54) is 14.0 Å². The van der Waals surface area contributed by atoms with Crippen LogP contribution in [0.15, 0.2) is 4.99 Å². The minimum atomic E-state index is -1.90. The first kappa shape index (κ1) is 42.2. The lowest BCUT2D eigenvalue weighted by Crippen LogP contribution is -2.62. The van der Waals surface area contributed by atoms with Crippen molar-refractivity contribution in [3.8, 4) is 0 Å². The molecular formula is C36H64N2O13. The second kappa shape index (κ2) is 16.1. The number of likely N-dealkylation sites (N-methyl/N-ethyl adjacent to an activating group) is 1. The van der Waals surface area contributed by atoms with Crippen molar-refractivity contribution in [1.82, 2.24) is 4.90 Å². The maximum Gasteiger partial charge on any atom is 0.311 e. The summed E-state index contributed by atoms with van der Waals surface area (Å²) >= 11 is 0. The van der Waals surface area contributed by atoms with E-state index in [2.05, 4.69) is 0 Å². The number of nitrogens with zero attached hydrogens (tertiary/aromatic N) is 2. The van der Waals surface area contributed by atoms with Crippen LogP contribution in [-0.4, -0.2) is 154 Å². The second-order valence-electron chi connectivity index (χ2n) is 16.2. The van der Waals surface area contributed by atoms with Crippen LogP contribution >= 0.6 is 0 Å². The van der Waals surface area contributed by atoms with Crippen LogP contribution < -0.4 is 0 Å². The lowest BCUT2D eigenvalue weighted by molar-refractivity contribution is -0.347. The number of carbonyl (C=O) groups excluding carboxylic acids is 1. The average molecular weight is 733 g/mol. The molecule has 4 rings (SSSR count). The van der Waals surface area contributed by atoms with Gasteiger partial charge in [-0.1, -0.05) is 20.8 Å². The molecule has 296 valence electrons. The number of hydrogen-bond donors (Lipinski definition) is 5. The predicted molar refractivity (Wildman–Crippen MR) is 184 cm³/mol. The first-order chi connectivity index (χ1) is 23.6. The number of aliphatic hydroxyl groups is 5. The third-order valence-corrected chi connectivity index (χ3v) is 11.7. The van der Waals surface area contributed by atoms with E-state index < -0.39 is 96.0 Å². The van der Waals surface area contributed by atoms with E-state index in [1.54, 1.807) is 27.7 Å². The molecular weight excluding hydrogens is 668 g/mol. The zero-order valence-corrected chi connectivity index (χ0v) is 32.4. The normalized spacial score (nSPS) is 47.3. The average Bonchev–Trinajstić information content (AvgIpc) is 3.06. The molecule has 15 heteroatoms. The Bertz CT molecular complexity index is 1220. The quantitative estimate of drug-likeness (QED) is 0.213. The summed E-state index contributed by atoms with van der Waals surface area (Å²) in [6, 6.07) is -0.571. The van der Waals surface area contributed by atoms with Gasteiger partial charge in [0, 0.05) is 31.9 Å². The molecule has 2 bridgehead atoms. The molecule has 3 fully saturated rings. The molecule has 0 saturated carbocycles. The Morgan fingerprint density at radius 1 is 1.04 bits per heavy atom. The third kappa shape index (κ3) is 8.59. The monoisotopic (exact) mass is 732 g/mol. The summed E-state index contributed by atoms with van der Waals surface area (Å²) in [5.74, 6) is -3.06. The molecule has 0 spiro atoms. The molecule has 51 heavy (non-hydrogen) atoms. The van der Waals surface area contributed by atoms with Crippen molar-refractivity contribution in [2.75, 3.05) is 21.2 Å². The molecule has 5 N–H and O–H groups in total. The number of fused-ring (bicyclic) bond motifs is 2. The van der Waals surface area contributed by atoms with Gasteiger partial charge in [0.1, 0.15) is 41.2 Å². The van der Waals surface area contributed by atoms with Crippen LogP contribution in [0.3, 0.4) is 0 Å². The molecule has 4 aliphatic heterocycles. The molecule has 0 radical (unpaired) electrons. The summed E-state index contributed by atoms with van der Waals surface area (Å²) in [6.07, 6.45) is -9.87. The number of aliphatic imine (C=N–C) groups is 1. The summed E-state index contributed by atoms with van der Waals surface area (Å²) in [4.78, 5) is 21.0. The first-order valence-electron chi connectivity index (χ1n) is 18.3. The molecule has 4 aliphatic rings. The standard InChI is InChI=1S/C36H64N2O13/c1-13-23(39)36(9,44)29-21(6)30-37-17(2)15-35(8,51-30)28(50-33-25(40)22(38(10)11)14-18(3)46-33)19(4)26(20(5)31(42)49-29)47-24-16-34(7,45-12)27(41)32(43)48-24/h17-29,32-33,39-41,43-44H,13-16H2,1-12H3/t17-,18-,19+,20-,21-,22+,23-,24-,25-,26+,27+,28-,29-,32-,33+,34-,35-,36-/m1/s1. The summed E-state index contributed by atoms with van der Waals surface area (Å²) in [7, 11) is 5.18. The number of rotatable bonds is 9. The van der Waals surface area contributed by atoms with E-state index in [0.29, 0.717) is 12.8 Å². The van der Waals surface area contributed by atoms with E-state index in [9.17, 15) is 30.3 Å². The van der Waals surface area contributed by atoms with Gasteiger partial charge in [0.25, 0.3) is 0 Å². The van der Waals surface area contributed by atoms with Gasteiger partial charge in [-0.25, -0.2) is 0 Å².